The zero-order valence-corrected chi connectivity index (χ0v) is 18.1. The molecule has 0 bridgehead atoms. The van der Waals surface area contributed by atoms with Crippen molar-refractivity contribution in [3.8, 4) is 0 Å². The Morgan fingerprint density at radius 2 is 1.86 bits per heavy atom. The van der Waals surface area contributed by atoms with Crippen LogP contribution in [0.4, 0.5) is 0 Å². The summed E-state index contributed by atoms with van der Waals surface area (Å²) in [4.78, 5) is 28.1. The lowest BCUT2D eigenvalue weighted by Gasteiger charge is -2.23. The number of hydrogen-bond donors (Lipinski definition) is 2. The average Bonchev–Trinajstić information content (AvgIpc) is 3.05. The number of rotatable bonds is 10. The summed E-state index contributed by atoms with van der Waals surface area (Å²) >= 11 is 12.1. The van der Waals surface area contributed by atoms with Gasteiger partial charge in [-0.15, -0.1) is 0 Å². The molecule has 2 unspecified atom stereocenters. The molecule has 1 aromatic heterocycles. The second kappa shape index (κ2) is 10.6. The van der Waals surface area contributed by atoms with E-state index in [1.54, 1.807) is 30.7 Å². The number of methoxy groups -OCH3 is 1. The molecule has 0 saturated heterocycles. The number of benzene rings is 1. The monoisotopic (exact) mass is 441 g/mol. The highest BCUT2D eigenvalue weighted by molar-refractivity contribution is 6.34. The first-order valence-electron chi connectivity index (χ1n) is 9.20. The number of carboxylic acids is 1. The van der Waals surface area contributed by atoms with E-state index in [1.807, 2.05) is 18.4 Å². The lowest BCUT2D eigenvalue weighted by Crippen LogP contribution is -2.49. The van der Waals surface area contributed by atoms with Crippen LogP contribution in [0, 0.1) is 5.92 Å². The number of nitrogens with zero attached hydrogens (tertiary/aromatic N) is 2. The largest absolute Gasteiger partial charge is 0.480 e. The number of imidazole rings is 1. The van der Waals surface area contributed by atoms with Gasteiger partial charge >= 0.3 is 11.9 Å². The summed E-state index contributed by atoms with van der Waals surface area (Å²) in [5.74, 6) is -1.38. The van der Waals surface area contributed by atoms with Crippen LogP contribution in [0.5, 0.6) is 0 Å². The molecule has 0 amide bonds. The van der Waals surface area contributed by atoms with E-state index in [4.69, 9.17) is 27.9 Å². The van der Waals surface area contributed by atoms with Crippen LogP contribution in [0.1, 0.15) is 31.5 Å². The van der Waals surface area contributed by atoms with Gasteiger partial charge in [0.1, 0.15) is 12.1 Å². The van der Waals surface area contributed by atoms with E-state index < -0.39 is 24.0 Å². The smallest absolute Gasteiger partial charge is 0.323 e. The summed E-state index contributed by atoms with van der Waals surface area (Å²) in [7, 11) is 1.28. The highest BCUT2D eigenvalue weighted by Crippen LogP contribution is 2.20. The molecule has 9 heteroatoms. The van der Waals surface area contributed by atoms with E-state index in [0.29, 0.717) is 23.0 Å². The minimum atomic E-state index is -1.00. The average molecular weight is 442 g/mol. The van der Waals surface area contributed by atoms with Gasteiger partial charge in [-0.05, 0) is 36.1 Å². The molecule has 0 spiro atoms. The Morgan fingerprint density at radius 3 is 2.41 bits per heavy atom. The molecule has 0 saturated carbocycles. The van der Waals surface area contributed by atoms with Crippen LogP contribution in [-0.4, -0.2) is 45.8 Å². The highest BCUT2D eigenvalue weighted by atomic mass is 35.5. The van der Waals surface area contributed by atoms with Gasteiger partial charge in [0.25, 0.3) is 0 Å². The van der Waals surface area contributed by atoms with E-state index in [-0.39, 0.29) is 12.3 Å². The Bertz CT molecular complexity index is 834. The first-order valence-corrected chi connectivity index (χ1v) is 9.95. The van der Waals surface area contributed by atoms with Crippen LogP contribution in [0.2, 0.25) is 10.0 Å². The summed E-state index contributed by atoms with van der Waals surface area (Å²) in [6.45, 7) is 4.31. The van der Waals surface area contributed by atoms with Gasteiger partial charge in [0.15, 0.2) is 0 Å². The molecule has 158 valence electrons. The number of carbonyl (C=O) groups excluding carboxylic acids is 1. The Labute approximate surface area is 180 Å². The number of nitrogens with one attached hydrogen (secondary N) is 1. The molecule has 2 rings (SSSR count). The van der Waals surface area contributed by atoms with Crippen LogP contribution in [-0.2, 0) is 27.3 Å². The Balaban J connectivity index is 2.20. The summed E-state index contributed by atoms with van der Waals surface area (Å²) in [6.07, 6.45) is 3.90. The number of aromatic nitrogens is 2. The standard InChI is InChI=1S/C20H25Cl2N3O4/c1-12(2)4-17(19(26)27)24-18(20(28)29-3)8-16-9-23-11-25(16)10-13-5-14(21)7-15(22)6-13/h5-7,9,11-12,17-18,24H,4,8,10H2,1-3H3,(H,26,27). The molecule has 1 heterocycles. The van der Waals surface area contributed by atoms with Gasteiger partial charge in [-0.1, -0.05) is 37.0 Å². The third-order valence-corrected chi connectivity index (χ3v) is 4.82. The van der Waals surface area contributed by atoms with Gasteiger partial charge in [-0.3, -0.25) is 14.9 Å². The second-order valence-electron chi connectivity index (χ2n) is 7.26. The van der Waals surface area contributed by atoms with Crippen molar-refractivity contribution in [2.45, 2.75) is 45.3 Å². The number of carboxylic acid groups (broad SMARTS) is 1. The summed E-state index contributed by atoms with van der Waals surface area (Å²) < 4.78 is 6.74. The lowest BCUT2D eigenvalue weighted by molar-refractivity contribution is -0.145. The van der Waals surface area contributed by atoms with Crippen molar-refractivity contribution >= 4 is 35.1 Å². The van der Waals surface area contributed by atoms with E-state index in [1.165, 1.54) is 7.11 Å². The first kappa shape index (κ1) is 23.2. The van der Waals surface area contributed by atoms with E-state index in [2.05, 4.69) is 10.3 Å². The Kier molecular flexibility index (Phi) is 8.49. The molecule has 29 heavy (non-hydrogen) atoms. The molecule has 0 aliphatic rings. The molecule has 2 aromatic rings. The van der Waals surface area contributed by atoms with Gasteiger partial charge in [0.05, 0.1) is 13.4 Å². The molecule has 0 radical (unpaired) electrons. The molecular formula is C20H25Cl2N3O4. The molecule has 2 N–H and O–H groups in total. The molecule has 0 aliphatic heterocycles. The van der Waals surface area contributed by atoms with Crippen molar-refractivity contribution in [3.05, 3.63) is 52.0 Å². The number of ether oxygens (including phenoxy) is 1. The lowest BCUT2D eigenvalue weighted by atomic mass is 10.0. The quantitative estimate of drug-likeness (QED) is 0.548. The maximum atomic E-state index is 12.3. The third kappa shape index (κ3) is 7.03. The van der Waals surface area contributed by atoms with Crippen molar-refractivity contribution in [2.24, 2.45) is 5.92 Å². The molecule has 0 fully saturated rings. The zero-order chi connectivity index (χ0) is 21.6. The van der Waals surface area contributed by atoms with Crippen molar-refractivity contribution < 1.29 is 19.4 Å². The van der Waals surface area contributed by atoms with Crippen LogP contribution >= 0.6 is 23.2 Å². The fourth-order valence-corrected chi connectivity index (χ4v) is 3.65. The Morgan fingerprint density at radius 1 is 1.21 bits per heavy atom. The van der Waals surface area contributed by atoms with Crippen molar-refractivity contribution in [3.63, 3.8) is 0 Å². The van der Waals surface area contributed by atoms with Crippen LogP contribution < -0.4 is 5.32 Å². The topological polar surface area (TPSA) is 93.5 Å². The van der Waals surface area contributed by atoms with Crippen LogP contribution in [0.15, 0.2) is 30.7 Å². The van der Waals surface area contributed by atoms with Gasteiger partial charge < -0.3 is 14.4 Å². The molecule has 0 aliphatic carbocycles. The molecule has 1 aromatic carbocycles. The van der Waals surface area contributed by atoms with Crippen LogP contribution in [0.25, 0.3) is 0 Å². The number of halogens is 2. The van der Waals surface area contributed by atoms with E-state index in [0.717, 1.165) is 11.3 Å². The van der Waals surface area contributed by atoms with E-state index >= 15 is 0 Å². The summed E-state index contributed by atoms with van der Waals surface area (Å²) in [5, 5.41) is 13.5. The predicted molar refractivity (Wildman–Crippen MR) is 111 cm³/mol. The van der Waals surface area contributed by atoms with Crippen molar-refractivity contribution in [2.75, 3.05) is 7.11 Å². The number of aliphatic carboxylic acids is 1. The fourth-order valence-electron chi connectivity index (χ4n) is 3.08. The van der Waals surface area contributed by atoms with Crippen molar-refractivity contribution in [1.82, 2.24) is 14.9 Å². The van der Waals surface area contributed by atoms with Crippen molar-refractivity contribution in [1.29, 1.82) is 0 Å². The number of carbonyl (C=O) groups is 2. The van der Waals surface area contributed by atoms with Crippen LogP contribution in [0.3, 0.4) is 0 Å². The minimum absolute atomic E-state index is 0.153. The normalized spacial score (nSPS) is 13.3. The number of hydrogen-bond acceptors (Lipinski definition) is 5. The maximum absolute atomic E-state index is 12.3. The van der Waals surface area contributed by atoms with Gasteiger partial charge in [-0.2, -0.15) is 0 Å². The van der Waals surface area contributed by atoms with Gasteiger partial charge in [-0.25, -0.2) is 4.98 Å². The summed E-state index contributed by atoms with van der Waals surface area (Å²) in [5.41, 5.74) is 1.63. The van der Waals surface area contributed by atoms with Gasteiger partial charge in [0, 0.05) is 34.9 Å². The zero-order valence-electron chi connectivity index (χ0n) is 16.6. The fraction of sp³-hybridized carbons (Fsp3) is 0.450. The molecule has 7 nitrogen and oxygen atoms in total. The SMILES string of the molecule is COC(=O)C(Cc1cncn1Cc1cc(Cl)cc(Cl)c1)NC(CC(C)C)C(=O)O. The maximum Gasteiger partial charge on any atom is 0.323 e. The minimum Gasteiger partial charge on any atom is -0.480 e. The number of esters is 1. The predicted octanol–water partition coefficient (Wildman–Crippen LogP) is 3.41. The Hall–Kier alpha value is -2.09. The van der Waals surface area contributed by atoms with E-state index in [9.17, 15) is 14.7 Å². The summed E-state index contributed by atoms with van der Waals surface area (Å²) in [6, 6.07) is 3.58. The second-order valence-corrected chi connectivity index (χ2v) is 8.13. The third-order valence-electron chi connectivity index (χ3n) is 4.38. The first-order chi connectivity index (χ1) is 13.7. The van der Waals surface area contributed by atoms with Gasteiger partial charge in [0.2, 0.25) is 0 Å². The molecular weight excluding hydrogens is 417 g/mol. The highest BCUT2D eigenvalue weighted by Gasteiger charge is 2.28. The molecule has 2 atom stereocenters.